The maximum Gasteiger partial charge on any atom is 0.138 e. The molecule has 0 radical (unpaired) electrons. The zero-order chi connectivity index (χ0) is 9.10. The molecule has 0 amide bonds. The summed E-state index contributed by atoms with van der Waals surface area (Å²) in [6.07, 6.45) is 2.39. The van der Waals surface area contributed by atoms with Gasteiger partial charge in [0.2, 0.25) is 0 Å². The Morgan fingerprint density at radius 2 is 2.46 bits per heavy atom. The summed E-state index contributed by atoms with van der Waals surface area (Å²) in [5, 5.41) is 0. The Hall–Kier alpha value is -0.960. The van der Waals surface area contributed by atoms with Crippen molar-refractivity contribution in [1.82, 2.24) is 0 Å². The molecule has 0 saturated heterocycles. The van der Waals surface area contributed by atoms with E-state index in [1.807, 2.05) is 12.1 Å². The standard InChI is InChI=1S/C10H10O2S/c11-5-1-2-8-3-4-9-10(6-8)13-7-12-9/h3-6H,1-2,7H2. The molecule has 0 saturated carbocycles. The molecule has 1 aliphatic rings. The molecule has 1 heterocycles. The van der Waals surface area contributed by atoms with E-state index in [4.69, 9.17) is 4.74 Å². The van der Waals surface area contributed by atoms with Gasteiger partial charge in [-0.3, -0.25) is 0 Å². The van der Waals surface area contributed by atoms with E-state index in [2.05, 4.69) is 6.07 Å². The number of aryl methyl sites for hydroxylation is 1. The van der Waals surface area contributed by atoms with Crippen molar-refractivity contribution >= 4 is 18.0 Å². The number of hydrogen-bond donors (Lipinski definition) is 0. The Balaban J connectivity index is 2.16. The number of carbonyl (C=O) groups is 1. The predicted octanol–water partition coefficient (Wildman–Crippen LogP) is 2.26. The molecular formula is C10H10O2S. The van der Waals surface area contributed by atoms with Crippen molar-refractivity contribution in [2.45, 2.75) is 17.7 Å². The molecule has 0 spiro atoms. The van der Waals surface area contributed by atoms with Gasteiger partial charge in [-0.1, -0.05) is 17.8 Å². The summed E-state index contributed by atoms with van der Waals surface area (Å²) in [6.45, 7) is 0. The van der Waals surface area contributed by atoms with Crippen LogP contribution in [0.1, 0.15) is 12.0 Å². The molecule has 0 unspecified atom stereocenters. The summed E-state index contributed by atoms with van der Waals surface area (Å²) in [4.78, 5) is 11.4. The smallest absolute Gasteiger partial charge is 0.138 e. The molecule has 1 aromatic rings. The normalized spacial score (nSPS) is 13.5. The molecule has 68 valence electrons. The van der Waals surface area contributed by atoms with Gasteiger partial charge < -0.3 is 9.53 Å². The molecule has 2 rings (SSSR count). The highest BCUT2D eigenvalue weighted by atomic mass is 32.2. The van der Waals surface area contributed by atoms with Gasteiger partial charge in [0, 0.05) is 6.42 Å². The average molecular weight is 194 g/mol. The number of carbonyl (C=O) groups excluding carboxylic acids is 1. The fourth-order valence-electron chi connectivity index (χ4n) is 1.32. The van der Waals surface area contributed by atoms with E-state index in [0.29, 0.717) is 12.4 Å². The molecule has 0 aromatic heterocycles. The highest BCUT2D eigenvalue weighted by Gasteiger charge is 2.12. The number of thioether (sulfide) groups is 1. The first-order valence-corrected chi connectivity index (χ1v) is 5.21. The first-order valence-electron chi connectivity index (χ1n) is 4.22. The second kappa shape index (κ2) is 3.83. The summed E-state index contributed by atoms with van der Waals surface area (Å²) in [7, 11) is 0. The van der Waals surface area contributed by atoms with E-state index in [-0.39, 0.29) is 0 Å². The lowest BCUT2D eigenvalue weighted by molar-refractivity contribution is -0.107. The zero-order valence-electron chi connectivity index (χ0n) is 7.16. The number of rotatable bonds is 3. The van der Waals surface area contributed by atoms with Crippen molar-refractivity contribution in [3.63, 3.8) is 0 Å². The van der Waals surface area contributed by atoms with Crippen molar-refractivity contribution < 1.29 is 9.53 Å². The Bertz CT molecular complexity index is 323. The first-order chi connectivity index (χ1) is 6.40. The minimum absolute atomic E-state index is 0.601. The fraction of sp³-hybridized carbons (Fsp3) is 0.300. The largest absolute Gasteiger partial charge is 0.481 e. The van der Waals surface area contributed by atoms with Crippen molar-refractivity contribution in [3.05, 3.63) is 23.8 Å². The minimum Gasteiger partial charge on any atom is -0.481 e. The lowest BCUT2D eigenvalue weighted by Crippen LogP contribution is -1.86. The van der Waals surface area contributed by atoms with E-state index in [1.165, 1.54) is 10.5 Å². The lowest BCUT2D eigenvalue weighted by Gasteiger charge is -2.00. The molecule has 13 heavy (non-hydrogen) atoms. The molecule has 0 atom stereocenters. The number of ether oxygens (including phenoxy) is 1. The monoisotopic (exact) mass is 194 g/mol. The summed E-state index contributed by atoms with van der Waals surface area (Å²) >= 11 is 1.70. The highest BCUT2D eigenvalue weighted by molar-refractivity contribution is 7.99. The summed E-state index contributed by atoms with van der Waals surface area (Å²) in [6, 6.07) is 6.11. The minimum atomic E-state index is 0.601. The van der Waals surface area contributed by atoms with Crippen LogP contribution in [-0.2, 0) is 11.2 Å². The summed E-state index contributed by atoms with van der Waals surface area (Å²) in [5.41, 5.74) is 1.21. The molecule has 0 aliphatic carbocycles. The highest BCUT2D eigenvalue weighted by Crippen LogP contribution is 2.36. The molecule has 0 N–H and O–H groups in total. The van der Waals surface area contributed by atoms with Crippen LogP contribution >= 0.6 is 11.8 Å². The maximum atomic E-state index is 10.2. The van der Waals surface area contributed by atoms with Crippen LogP contribution in [0.5, 0.6) is 5.75 Å². The molecule has 1 aromatic carbocycles. The summed E-state index contributed by atoms with van der Waals surface area (Å²) in [5.74, 6) is 1.69. The number of benzene rings is 1. The Kier molecular flexibility index (Phi) is 2.54. The van der Waals surface area contributed by atoms with Crippen molar-refractivity contribution in [1.29, 1.82) is 0 Å². The van der Waals surface area contributed by atoms with Gasteiger partial charge in [0.05, 0.1) is 4.90 Å². The molecule has 2 nitrogen and oxygen atoms in total. The van der Waals surface area contributed by atoms with Crippen molar-refractivity contribution in [2.75, 3.05) is 5.94 Å². The van der Waals surface area contributed by atoms with Crippen LogP contribution in [0.15, 0.2) is 23.1 Å². The van der Waals surface area contributed by atoms with E-state index in [1.54, 1.807) is 11.8 Å². The van der Waals surface area contributed by atoms with E-state index < -0.39 is 0 Å². The number of hydrogen-bond acceptors (Lipinski definition) is 3. The van der Waals surface area contributed by atoms with Crippen LogP contribution < -0.4 is 4.74 Å². The van der Waals surface area contributed by atoms with Crippen molar-refractivity contribution in [2.24, 2.45) is 0 Å². The molecule has 0 bridgehead atoms. The summed E-state index contributed by atoms with van der Waals surface area (Å²) < 4.78 is 5.35. The van der Waals surface area contributed by atoms with Gasteiger partial charge in [-0.15, -0.1) is 0 Å². The SMILES string of the molecule is O=CCCc1ccc2c(c1)SCO2. The van der Waals surface area contributed by atoms with Gasteiger partial charge in [0.1, 0.15) is 18.0 Å². The van der Waals surface area contributed by atoms with Crippen LogP contribution in [-0.4, -0.2) is 12.2 Å². The maximum absolute atomic E-state index is 10.2. The van der Waals surface area contributed by atoms with Gasteiger partial charge >= 0.3 is 0 Å². The Labute approximate surface area is 81.3 Å². The van der Waals surface area contributed by atoms with Gasteiger partial charge in [0.15, 0.2) is 0 Å². The first kappa shape index (κ1) is 8.63. The van der Waals surface area contributed by atoms with Crippen LogP contribution in [0.4, 0.5) is 0 Å². The third-order valence-corrected chi connectivity index (χ3v) is 2.85. The lowest BCUT2D eigenvalue weighted by atomic mass is 10.1. The van der Waals surface area contributed by atoms with E-state index in [0.717, 1.165) is 18.5 Å². The van der Waals surface area contributed by atoms with Crippen LogP contribution in [0.2, 0.25) is 0 Å². The number of fused-ring (bicyclic) bond motifs is 1. The van der Waals surface area contributed by atoms with Crippen LogP contribution in [0.3, 0.4) is 0 Å². The average Bonchev–Trinajstić information content (AvgIpc) is 2.61. The quantitative estimate of drug-likeness (QED) is 0.690. The third kappa shape index (κ3) is 1.86. The number of aldehydes is 1. The third-order valence-electron chi connectivity index (χ3n) is 1.99. The molecule has 3 heteroatoms. The van der Waals surface area contributed by atoms with Gasteiger partial charge in [-0.2, -0.15) is 0 Å². The second-order valence-corrected chi connectivity index (χ2v) is 3.86. The molecule has 0 fully saturated rings. The Morgan fingerprint density at radius 3 is 3.31 bits per heavy atom. The fourth-order valence-corrected chi connectivity index (χ4v) is 2.14. The molecular weight excluding hydrogens is 184 g/mol. The Morgan fingerprint density at radius 1 is 1.54 bits per heavy atom. The molecule has 1 aliphatic heterocycles. The van der Waals surface area contributed by atoms with Gasteiger partial charge in [-0.25, -0.2) is 0 Å². The van der Waals surface area contributed by atoms with Crippen molar-refractivity contribution in [3.8, 4) is 5.75 Å². The van der Waals surface area contributed by atoms with Crippen LogP contribution in [0.25, 0.3) is 0 Å². The van der Waals surface area contributed by atoms with E-state index >= 15 is 0 Å². The van der Waals surface area contributed by atoms with Gasteiger partial charge in [-0.05, 0) is 24.1 Å². The van der Waals surface area contributed by atoms with E-state index in [9.17, 15) is 4.79 Å². The predicted molar refractivity (Wildman–Crippen MR) is 52.2 cm³/mol. The van der Waals surface area contributed by atoms with Crippen LogP contribution in [0, 0.1) is 0 Å². The topological polar surface area (TPSA) is 26.3 Å². The van der Waals surface area contributed by atoms with Gasteiger partial charge in [0.25, 0.3) is 0 Å². The zero-order valence-corrected chi connectivity index (χ0v) is 7.97. The second-order valence-electron chi connectivity index (χ2n) is 2.89.